The van der Waals surface area contributed by atoms with Gasteiger partial charge in [0.2, 0.25) is 5.91 Å². The average molecular weight is 365 g/mol. The van der Waals surface area contributed by atoms with Gasteiger partial charge in [-0.15, -0.1) is 0 Å². The second kappa shape index (κ2) is 7.56. The molecular weight excluding hydrogens is 343 g/mol. The number of aryl methyl sites for hydroxylation is 1. The van der Waals surface area contributed by atoms with Crippen LogP contribution >= 0.6 is 23.2 Å². The van der Waals surface area contributed by atoms with Crippen LogP contribution < -0.4 is 10.6 Å². The third-order valence-corrected chi connectivity index (χ3v) is 4.95. The first-order chi connectivity index (χ1) is 11.2. The fourth-order valence-corrected chi connectivity index (χ4v) is 2.67. The highest BCUT2D eigenvalue weighted by Gasteiger charge is 2.22. The molecule has 5 heteroatoms. The highest BCUT2D eigenvalue weighted by Crippen LogP contribution is 2.28. The minimum absolute atomic E-state index is 0.0863. The second-order valence-electron chi connectivity index (χ2n) is 6.40. The van der Waals surface area contributed by atoms with Crippen LogP contribution in [0.2, 0.25) is 10.0 Å². The van der Waals surface area contributed by atoms with E-state index in [9.17, 15) is 4.79 Å². The Bertz CT molecular complexity index is 757. The first-order valence-corrected chi connectivity index (χ1v) is 8.53. The molecule has 0 aliphatic carbocycles. The van der Waals surface area contributed by atoms with Gasteiger partial charge in [-0.05, 0) is 62.6 Å². The first-order valence-electron chi connectivity index (χ1n) is 7.77. The molecular formula is C19H22Cl2N2O. The lowest BCUT2D eigenvalue weighted by molar-refractivity contribution is -0.115. The summed E-state index contributed by atoms with van der Waals surface area (Å²) in [4.78, 5) is 12.3. The monoisotopic (exact) mass is 364 g/mol. The van der Waals surface area contributed by atoms with Gasteiger partial charge in [0.05, 0.1) is 16.6 Å². The minimum atomic E-state index is -0.410. The normalized spacial score (nSPS) is 11.4. The van der Waals surface area contributed by atoms with Crippen LogP contribution in [0.5, 0.6) is 0 Å². The van der Waals surface area contributed by atoms with Crippen LogP contribution in [-0.4, -0.2) is 12.5 Å². The molecule has 0 atom stereocenters. The number of hydrogen-bond donors (Lipinski definition) is 2. The second-order valence-corrected chi connectivity index (χ2v) is 7.22. The van der Waals surface area contributed by atoms with E-state index in [0.29, 0.717) is 10.0 Å². The first kappa shape index (κ1) is 18.8. The Morgan fingerprint density at radius 2 is 1.79 bits per heavy atom. The van der Waals surface area contributed by atoms with E-state index in [-0.39, 0.29) is 12.5 Å². The molecule has 0 spiro atoms. The molecule has 0 heterocycles. The number of carbonyl (C=O) groups is 1. The SMILES string of the molecule is Cc1cccc(NC(=O)CNC(C)(C)c2ccc(Cl)c(Cl)c2)c1C. The molecule has 0 saturated heterocycles. The highest BCUT2D eigenvalue weighted by molar-refractivity contribution is 6.42. The van der Waals surface area contributed by atoms with E-state index < -0.39 is 5.54 Å². The number of hydrogen-bond acceptors (Lipinski definition) is 2. The molecule has 24 heavy (non-hydrogen) atoms. The van der Waals surface area contributed by atoms with Crippen molar-refractivity contribution in [2.45, 2.75) is 33.2 Å². The van der Waals surface area contributed by atoms with Crippen molar-refractivity contribution in [3.63, 3.8) is 0 Å². The van der Waals surface area contributed by atoms with Crippen molar-refractivity contribution in [2.24, 2.45) is 0 Å². The lowest BCUT2D eigenvalue weighted by Gasteiger charge is -2.27. The molecule has 0 unspecified atom stereocenters. The summed E-state index contributed by atoms with van der Waals surface area (Å²) in [6, 6.07) is 11.4. The summed E-state index contributed by atoms with van der Waals surface area (Å²) in [5.74, 6) is -0.0863. The predicted molar refractivity (Wildman–Crippen MR) is 102 cm³/mol. The average Bonchev–Trinajstić information content (AvgIpc) is 2.52. The topological polar surface area (TPSA) is 41.1 Å². The zero-order valence-electron chi connectivity index (χ0n) is 14.3. The standard InChI is InChI=1S/C19H22Cl2N2O/c1-12-6-5-7-17(13(12)2)23-18(24)11-22-19(3,4)14-8-9-15(20)16(21)10-14/h5-10,22H,11H2,1-4H3,(H,23,24). The number of anilines is 1. The van der Waals surface area contributed by atoms with Gasteiger partial charge >= 0.3 is 0 Å². The van der Waals surface area contributed by atoms with E-state index in [2.05, 4.69) is 10.6 Å². The third-order valence-electron chi connectivity index (χ3n) is 4.21. The van der Waals surface area contributed by atoms with Gasteiger partial charge in [-0.3, -0.25) is 10.1 Å². The summed E-state index contributed by atoms with van der Waals surface area (Å²) >= 11 is 12.0. The van der Waals surface area contributed by atoms with Crippen LogP contribution in [0.4, 0.5) is 5.69 Å². The van der Waals surface area contributed by atoms with E-state index in [0.717, 1.165) is 22.4 Å². The molecule has 0 saturated carbocycles. The van der Waals surface area contributed by atoms with Gasteiger partial charge in [0.1, 0.15) is 0 Å². The van der Waals surface area contributed by atoms with E-state index in [1.807, 2.05) is 58.0 Å². The van der Waals surface area contributed by atoms with E-state index in [4.69, 9.17) is 23.2 Å². The summed E-state index contributed by atoms with van der Waals surface area (Å²) in [7, 11) is 0. The number of halogens is 2. The zero-order chi connectivity index (χ0) is 17.9. The predicted octanol–water partition coefficient (Wildman–Crippen LogP) is 5.07. The quantitative estimate of drug-likeness (QED) is 0.776. The number of carbonyl (C=O) groups excluding carboxylic acids is 1. The van der Waals surface area contributed by atoms with Crippen LogP contribution in [0.15, 0.2) is 36.4 Å². The molecule has 1 amide bonds. The van der Waals surface area contributed by atoms with Gasteiger partial charge in [0.25, 0.3) is 0 Å². The molecule has 2 aromatic rings. The van der Waals surface area contributed by atoms with Gasteiger partial charge in [0, 0.05) is 11.2 Å². The van der Waals surface area contributed by atoms with Gasteiger partial charge in [-0.1, -0.05) is 41.4 Å². The maximum atomic E-state index is 12.3. The summed E-state index contributed by atoms with van der Waals surface area (Å²) in [6.45, 7) is 8.21. The van der Waals surface area contributed by atoms with Gasteiger partial charge in [-0.25, -0.2) is 0 Å². The smallest absolute Gasteiger partial charge is 0.238 e. The zero-order valence-corrected chi connectivity index (χ0v) is 15.8. The Kier molecular flexibility index (Phi) is 5.92. The van der Waals surface area contributed by atoms with Crippen LogP contribution in [-0.2, 0) is 10.3 Å². The summed E-state index contributed by atoms with van der Waals surface area (Å²) in [5.41, 5.74) is 3.63. The highest BCUT2D eigenvalue weighted by atomic mass is 35.5. The van der Waals surface area contributed by atoms with Crippen molar-refractivity contribution in [1.82, 2.24) is 5.32 Å². The molecule has 128 valence electrons. The third kappa shape index (κ3) is 4.50. The maximum absolute atomic E-state index is 12.3. The number of rotatable bonds is 5. The Morgan fingerprint density at radius 3 is 2.46 bits per heavy atom. The summed E-state index contributed by atoms with van der Waals surface area (Å²) < 4.78 is 0. The van der Waals surface area contributed by atoms with Crippen LogP contribution in [0.25, 0.3) is 0 Å². The maximum Gasteiger partial charge on any atom is 0.238 e. The summed E-state index contributed by atoms with van der Waals surface area (Å²) in [5, 5.41) is 7.23. The van der Waals surface area contributed by atoms with Crippen molar-refractivity contribution in [1.29, 1.82) is 0 Å². The fraction of sp³-hybridized carbons (Fsp3) is 0.316. The molecule has 0 aliphatic heterocycles. The Hall–Kier alpha value is -1.55. The van der Waals surface area contributed by atoms with Crippen LogP contribution in [0.3, 0.4) is 0 Å². The molecule has 0 aliphatic rings. The van der Waals surface area contributed by atoms with E-state index in [1.54, 1.807) is 6.07 Å². The molecule has 2 aromatic carbocycles. The van der Waals surface area contributed by atoms with Crippen molar-refractivity contribution in [2.75, 3.05) is 11.9 Å². The molecule has 0 bridgehead atoms. The summed E-state index contributed by atoms with van der Waals surface area (Å²) in [6.07, 6.45) is 0. The van der Waals surface area contributed by atoms with Crippen molar-refractivity contribution in [3.8, 4) is 0 Å². The van der Waals surface area contributed by atoms with Crippen molar-refractivity contribution in [3.05, 3.63) is 63.1 Å². The Morgan fingerprint density at radius 1 is 1.08 bits per heavy atom. The lowest BCUT2D eigenvalue weighted by Crippen LogP contribution is -2.41. The number of nitrogens with one attached hydrogen (secondary N) is 2. The molecule has 0 fully saturated rings. The molecule has 2 N–H and O–H groups in total. The lowest BCUT2D eigenvalue weighted by atomic mass is 9.94. The van der Waals surface area contributed by atoms with Gasteiger partial charge in [0.15, 0.2) is 0 Å². The number of amides is 1. The molecule has 3 nitrogen and oxygen atoms in total. The fourth-order valence-electron chi connectivity index (χ4n) is 2.37. The van der Waals surface area contributed by atoms with E-state index >= 15 is 0 Å². The van der Waals surface area contributed by atoms with Gasteiger partial charge in [-0.2, -0.15) is 0 Å². The molecule has 0 aromatic heterocycles. The van der Waals surface area contributed by atoms with Crippen LogP contribution in [0, 0.1) is 13.8 Å². The van der Waals surface area contributed by atoms with Crippen LogP contribution in [0.1, 0.15) is 30.5 Å². The van der Waals surface area contributed by atoms with Crippen molar-refractivity contribution < 1.29 is 4.79 Å². The van der Waals surface area contributed by atoms with E-state index in [1.165, 1.54) is 0 Å². The largest absolute Gasteiger partial charge is 0.325 e. The van der Waals surface area contributed by atoms with Gasteiger partial charge < -0.3 is 5.32 Å². The minimum Gasteiger partial charge on any atom is -0.325 e. The molecule has 2 rings (SSSR count). The number of benzene rings is 2. The Balaban J connectivity index is 2.02. The Labute approximate surface area is 153 Å². The van der Waals surface area contributed by atoms with Crippen molar-refractivity contribution >= 4 is 34.8 Å². The molecule has 0 radical (unpaired) electrons.